The Labute approximate surface area is 92.6 Å². The molecule has 7 heteroatoms. The molecular weight excluding hydrogens is 210 g/mol. The molecular formula is C9H13N5O2. The van der Waals surface area contributed by atoms with Crippen molar-refractivity contribution in [1.82, 2.24) is 10.3 Å². The Morgan fingerprint density at radius 2 is 1.94 bits per heavy atom. The van der Waals surface area contributed by atoms with Crippen LogP contribution >= 0.6 is 0 Å². The molecule has 0 aliphatic carbocycles. The second kappa shape index (κ2) is 5.69. The van der Waals surface area contributed by atoms with Gasteiger partial charge in [-0.2, -0.15) is 5.10 Å². The maximum atomic E-state index is 8.40. The van der Waals surface area contributed by atoms with Crippen LogP contribution in [0.2, 0.25) is 0 Å². The monoisotopic (exact) mass is 223 g/mol. The van der Waals surface area contributed by atoms with Crippen molar-refractivity contribution in [2.75, 3.05) is 7.05 Å². The largest absolute Gasteiger partial charge is 0.367 e. The molecule has 0 atom stereocenters. The van der Waals surface area contributed by atoms with Crippen molar-refractivity contribution in [2.45, 2.75) is 0 Å². The highest BCUT2D eigenvalue weighted by Crippen LogP contribution is 1.95. The molecule has 0 heterocycles. The molecule has 0 amide bonds. The molecule has 4 N–H and O–H groups in total. The summed E-state index contributed by atoms with van der Waals surface area (Å²) in [5, 5.41) is 24.7. The Morgan fingerprint density at radius 1 is 1.31 bits per heavy atom. The molecule has 1 aromatic rings. The number of nitrogens with zero attached hydrogens (tertiary/aromatic N) is 4. The van der Waals surface area contributed by atoms with Gasteiger partial charge in [0.2, 0.25) is 5.96 Å². The third-order valence-corrected chi connectivity index (χ3v) is 1.70. The van der Waals surface area contributed by atoms with E-state index in [9.17, 15) is 0 Å². The van der Waals surface area contributed by atoms with Gasteiger partial charge in [0.15, 0.2) is 0 Å². The fourth-order valence-corrected chi connectivity index (χ4v) is 0.908. The van der Waals surface area contributed by atoms with Gasteiger partial charge in [-0.15, -0.1) is 0 Å². The van der Waals surface area contributed by atoms with Crippen molar-refractivity contribution < 1.29 is 10.4 Å². The molecule has 0 unspecified atom stereocenters. The Bertz CT molecular complexity index is 377. The summed E-state index contributed by atoms with van der Waals surface area (Å²) >= 11 is 0. The lowest BCUT2D eigenvalue weighted by Gasteiger charge is -2.11. The van der Waals surface area contributed by atoms with Crippen molar-refractivity contribution in [3.05, 3.63) is 35.9 Å². The first-order valence-corrected chi connectivity index (χ1v) is 4.44. The number of guanidine groups is 1. The van der Waals surface area contributed by atoms with Gasteiger partial charge >= 0.3 is 0 Å². The van der Waals surface area contributed by atoms with Gasteiger partial charge in [-0.05, 0) is 10.9 Å². The Morgan fingerprint density at radius 3 is 2.50 bits per heavy atom. The standard InChI is InChI=1S/C9H13N5O2/c1-13(9(10)12-14(15)16)11-7-8-5-3-2-4-6-8/h2-7,15-16H,1H3,(H2,10,12). The summed E-state index contributed by atoms with van der Waals surface area (Å²) in [4.78, 5) is 0. The van der Waals surface area contributed by atoms with E-state index in [1.165, 1.54) is 12.1 Å². The average Bonchev–Trinajstić information content (AvgIpc) is 2.26. The summed E-state index contributed by atoms with van der Waals surface area (Å²) in [6, 6.07) is 9.39. The van der Waals surface area contributed by atoms with Crippen molar-refractivity contribution in [3.8, 4) is 0 Å². The molecule has 16 heavy (non-hydrogen) atoms. The van der Waals surface area contributed by atoms with Gasteiger partial charge in [0.25, 0.3) is 0 Å². The lowest BCUT2D eigenvalue weighted by atomic mass is 10.2. The molecule has 0 saturated carbocycles. The smallest absolute Gasteiger partial charge is 0.239 e. The van der Waals surface area contributed by atoms with Crippen LogP contribution < -0.4 is 5.73 Å². The van der Waals surface area contributed by atoms with E-state index in [0.29, 0.717) is 0 Å². The van der Waals surface area contributed by atoms with Gasteiger partial charge in [0.1, 0.15) is 0 Å². The van der Waals surface area contributed by atoms with E-state index in [4.69, 9.17) is 16.1 Å². The SMILES string of the molecule is CN(N=Cc1ccccc1)C(N)=NN(O)O. The Kier molecular flexibility index (Phi) is 4.25. The predicted octanol–water partition coefficient (Wildman–Crippen LogP) is 0.262. The van der Waals surface area contributed by atoms with E-state index in [1.54, 1.807) is 6.21 Å². The fraction of sp³-hybridized carbons (Fsp3) is 0.111. The van der Waals surface area contributed by atoms with E-state index in [2.05, 4.69) is 10.2 Å². The summed E-state index contributed by atoms with van der Waals surface area (Å²) in [5.41, 5.74) is 6.28. The molecule has 0 aromatic heterocycles. The first kappa shape index (κ1) is 12.0. The third kappa shape index (κ3) is 3.95. The van der Waals surface area contributed by atoms with Crippen LogP contribution in [-0.4, -0.2) is 40.0 Å². The highest BCUT2D eigenvalue weighted by molar-refractivity contribution is 5.82. The molecule has 0 aliphatic rings. The highest BCUT2D eigenvalue weighted by Gasteiger charge is 1.99. The molecule has 1 aromatic carbocycles. The first-order valence-electron chi connectivity index (χ1n) is 4.44. The topological polar surface area (TPSA) is 97.7 Å². The normalized spacial score (nSPS) is 11.8. The van der Waals surface area contributed by atoms with Gasteiger partial charge in [-0.3, -0.25) is 0 Å². The van der Waals surface area contributed by atoms with Crippen LogP contribution in [0.4, 0.5) is 0 Å². The zero-order valence-electron chi connectivity index (χ0n) is 8.72. The number of rotatable bonds is 3. The van der Waals surface area contributed by atoms with E-state index in [-0.39, 0.29) is 11.3 Å². The van der Waals surface area contributed by atoms with E-state index >= 15 is 0 Å². The van der Waals surface area contributed by atoms with E-state index in [0.717, 1.165) is 5.56 Å². The number of hydrogen-bond acceptors (Lipinski definition) is 5. The number of benzene rings is 1. The number of nitrogens with two attached hydrogens (primary N) is 1. The highest BCUT2D eigenvalue weighted by atomic mass is 16.8. The van der Waals surface area contributed by atoms with Gasteiger partial charge < -0.3 is 5.73 Å². The molecule has 0 saturated heterocycles. The lowest BCUT2D eigenvalue weighted by Crippen LogP contribution is -2.32. The molecule has 86 valence electrons. The Balaban J connectivity index is 2.64. The van der Waals surface area contributed by atoms with E-state index in [1.807, 2.05) is 30.3 Å². The summed E-state index contributed by atoms with van der Waals surface area (Å²) in [5.74, 6) is -0.155. The van der Waals surface area contributed by atoms with Crippen molar-refractivity contribution >= 4 is 12.2 Å². The van der Waals surface area contributed by atoms with Crippen molar-refractivity contribution in [1.29, 1.82) is 0 Å². The summed E-state index contributed by atoms with van der Waals surface area (Å²) in [6.45, 7) is 0. The zero-order valence-corrected chi connectivity index (χ0v) is 8.72. The predicted molar refractivity (Wildman–Crippen MR) is 58.8 cm³/mol. The lowest BCUT2D eigenvalue weighted by molar-refractivity contribution is -0.308. The quantitative estimate of drug-likeness (QED) is 0.388. The summed E-state index contributed by atoms with van der Waals surface area (Å²) < 4.78 is 0. The van der Waals surface area contributed by atoms with E-state index < -0.39 is 0 Å². The van der Waals surface area contributed by atoms with Crippen molar-refractivity contribution in [2.24, 2.45) is 15.9 Å². The van der Waals surface area contributed by atoms with Crippen molar-refractivity contribution in [3.63, 3.8) is 0 Å². The molecule has 0 radical (unpaired) electrons. The zero-order chi connectivity index (χ0) is 12.0. The van der Waals surface area contributed by atoms with Crippen LogP contribution in [0.1, 0.15) is 5.56 Å². The summed E-state index contributed by atoms with van der Waals surface area (Å²) in [6.07, 6.45) is 1.57. The molecule has 0 fully saturated rings. The number of hydrazone groups is 2. The van der Waals surface area contributed by atoms with Gasteiger partial charge in [-0.1, -0.05) is 35.4 Å². The van der Waals surface area contributed by atoms with Crippen LogP contribution in [0.25, 0.3) is 0 Å². The molecule has 1 rings (SSSR count). The maximum Gasteiger partial charge on any atom is 0.239 e. The van der Waals surface area contributed by atoms with Gasteiger partial charge in [-0.25, -0.2) is 15.4 Å². The fourth-order valence-electron chi connectivity index (χ4n) is 0.908. The average molecular weight is 223 g/mol. The van der Waals surface area contributed by atoms with Crippen LogP contribution in [0, 0.1) is 0 Å². The van der Waals surface area contributed by atoms with Crippen LogP contribution in [-0.2, 0) is 0 Å². The Hall–Kier alpha value is -2.12. The minimum atomic E-state index is -0.371. The molecule has 0 aliphatic heterocycles. The number of hydrogen-bond donors (Lipinski definition) is 3. The molecule has 0 spiro atoms. The van der Waals surface area contributed by atoms with Gasteiger partial charge in [0, 0.05) is 7.05 Å². The first-order chi connectivity index (χ1) is 7.59. The minimum Gasteiger partial charge on any atom is -0.367 e. The molecule has 0 bridgehead atoms. The van der Waals surface area contributed by atoms with Crippen LogP contribution in [0.15, 0.2) is 40.5 Å². The van der Waals surface area contributed by atoms with Crippen LogP contribution in [0.5, 0.6) is 0 Å². The summed E-state index contributed by atoms with van der Waals surface area (Å²) in [7, 11) is 1.53. The minimum absolute atomic E-state index is 0.155. The maximum absolute atomic E-state index is 8.40. The van der Waals surface area contributed by atoms with Crippen LogP contribution in [0.3, 0.4) is 0 Å². The second-order valence-electron chi connectivity index (χ2n) is 2.91. The van der Waals surface area contributed by atoms with Gasteiger partial charge in [0.05, 0.1) is 6.21 Å². The molecule has 7 nitrogen and oxygen atoms in total. The third-order valence-electron chi connectivity index (χ3n) is 1.70. The second-order valence-corrected chi connectivity index (χ2v) is 2.91.